The molecule has 1 rings (SSSR count). The number of aryl methyl sites for hydroxylation is 1. The largest absolute Gasteiger partial charge is 0.207 e. The Balaban J connectivity index is 2.50. The van der Waals surface area contributed by atoms with Crippen molar-refractivity contribution >= 4 is 23.2 Å². The van der Waals surface area contributed by atoms with Crippen LogP contribution < -0.4 is 0 Å². The fourth-order valence-electron chi connectivity index (χ4n) is 1.49. The summed E-state index contributed by atoms with van der Waals surface area (Å²) < 4.78 is 12.8. The van der Waals surface area contributed by atoms with Crippen LogP contribution >= 0.6 is 23.2 Å². The van der Waals surface area contributed by atoms with Crippen molar-refractivity contribution in [2.45, 2.75) is 38.0 Å². The molecule has 0 N–H and O–H groups in total. The third kappa shape index (κ3) is 4.40. The van der Waals surface area contributed by atoms with Gasteiger partial charge in [-0.3, -0.25) is 0 Å². The number of rotatable bonds is 5. The zero-order valence-corrected chi connectivity index (χ0v) is 10.3. The van der Waals surface area contributed by atoms with E-state index in [4.69, 9.17) is 23.2 Å². The van der Waals surface area contributed by atoms with Gasteiger partial charge in [0.25, 0.3) is 0 Å². The molecule has 0 radical (unpaired) electrons. The van der Waals surface area contributed by atoms with E-state index in [0.717, 1.165) is 31.2 Å². The molecule has 0 spiro atoms. The second-order valence-electron chi connectivity index (χ2n) is 3.66. The van der Waals surface area contributed by atoms with E-state index in [9.17, 15) is 4.39 Å². The maximum Gasteiger partial charge on any atom is 0.124 e. The van der Waals surface area contributed by atoms with Gasteiger partial charge in [-0.15, -0.1) is 11.6 Å². The summed E-state index contributed by atoms with van der Waals surface area (Å²) >= 11 is 12.0. The minimum atomic E-state index is -0.292. The summed E-state index contributed by atoms with van der Waals surface area (Å²) in [7, 11) is 0. The van der Waals surface area contributed by atoms with Gasteiger partial charge in [-0.25, -0.2) is 4.39 Å². The number of benzene rings is 1. The Labute approximate surface area is 100 Å². The minimum absolute atomic E-state index is 0.191. The molecule has 0 nitrogen and oxygen atoms in total. The van der Waals surface area contributed by atoms with E-state index in [-0.39, 0.29) is 11.2 Å². The van der Waals surface area contributed by atoms with Gasteiger partial charge < -0.3 is 0 Å². The molecule has 0 aromatic heterocycles. The van der Waals surface area contributed by atoms with E-state index < -0.39 is 0 Å². The molecule has 0 aliphatic heterocycles. The number of alkyl halides is 1. The van der Waals surface area contributed by atoms with Gasteiger partial charge in [-0.05, 0) is 37.0 Å². The Hall–Kier alpha value is -0.270. The third-order valence-electron chi connectivity index (χ3n) is 2.34. The van der Waals surface area contributed by atoms with Crippen LogP contribution in [0, 0.1) is 5.82 Å². The zero-order chi connectivity index (χ0) is 11.3. The van der Waals surface area contributed by atoms with Crippen LogP contribution in [0.3, 0.4) is 0 Å². The van der Waals surface area contributed by atoms with Crippen LogP contribution in [0.5, 0.6) is 0 Å². The van der Waals surface area contributed by atoms with E-state index in [1.807, 2.05) is 0 Å². The molecule has 84 valence electrons. The van der Waals surface area contributed by atoms with E-state index in [0.29, 0.717) is 5.02 Å². The van der Waals surface area contributed by atoms with E-state index in [2.05, 4.69) is 6.92 Å². The molecule has 0 saturated carbocycles. The smallest absolute Gasteiger partial charge is 0.124 e. The monoisotopic (exact) mass is 248 g/mol. The van der Waals surface area contributed by atoms with Crippen LogP contribution in [0.2, 0.25) is 5.02 Å². The normalized spacial score (nSPS) is 12.8. The first-order chi connectivity index (χ1) is 7.13. The average molecular weight is 249 g/mol. The Bertz CT molecular complexity index is 312. The van der Waals surface area contributed by atoms with Crippen molar-refractivity contribution in [1.82, 2.24) is 0 Å². The SMILES string of the molecule is CCCC(Cl)CCc1ccc(F)cc1Cl. The summed E-state index contributed by atoms with van der Waals surface area (Å²) in [5, 5.41) is 0.687. The summed E-state index contributed by atoms with van der Waals surface area (Å²) in [6.45, 7) is 2.11. The zero-order valence-electron chi connectivity index (χ0n) is 8.77. The first-order valence-corrected chi connectivity index (χ1v) is 6.03. The Morgan fingerprint density at radius 2 is 2.07 bits per heavy atom. The fraction of sp³-hybridized carbons (Fsp3) is 0.500. The van der Waals surface area contributed by atoms with E-state index in [1.54, 1.807) is 6.07 Å². The molecule has 0 heterocycles. The lowest BCUT2D eigenvalue weighted by Crippen LogP contribution is -2.00. The molecule has 15 heavy (non-hydrogen) atoms. The Morgan fingerprint density at radius 1 is 1.33 bits per heavy atom. The van der Waals surface area contributed by atoms with Crippen molar-refractivity contribution in [2.75, 3.05) is 0 Å². The fourth-order valence-corrected chi connectivity index (χ4v) is 2.08. The van der Waals surface area contributed by atoms with Crippen LogP contribution in [0.1, 0.15) is 31.7 Å². The van der Waals surface area contributed by atoms with Crippen LogP contribution in [0.4, 0.5) is 4.39 Å². The molecule has 1 unspecified atom stereocenters. The van der Waals surface area contributed by atoms with Gasteiger partial charge in [0.2, 0.25) is 0 Å². The lowest BCUT2D eigenvalue weighted by molar-refractivity contribution is 0.625. The standard InChI is InChI=1S/C12H15Cl2F/c1-2-3-10(13)6-4-9-5-7-11(15)8-12(9)14/h5,7-8,10H,2-4,6H2,1H3. The average Bonchev–Trinajstić information content (AvgIpc) is 2.17. The molecule has 0 fully saturated rings. The maximum atomic E-state index is 12.8. The van der Waals surface area contributed by atoms with Crippen LogP contribution in [-0.4, -0.2) is 5.38 Å². The summed E-state index contributed by atoms with van der Waals surface area (Å²) in [6, 6.07) is 4.51. The van der Waals surface area contributed by atoms with E-state index >= 15 is 0 Å². The van der Waals surface area contributed by atoms with Crippen molar-refractivity contribution < 1.29 is 4.39 Å². The van der Waals surface area contributed by atoms with Crippen molar-refractivity contribution in [1.29, 1.82) is 0 Å². The second kappa shape index (κ2) is 6.34. The van der Waals surface area contributed by atoms with Gasteiger partial charge in [0.05, 0.1) is 0 Å². The lowest BCUT2D eigenvalue weighted by atomic mass is 10.1. The quantitative estimate of drug-likeness (QED) is 0.656. The van der Waals surface area contributed by atoms with Gasteiger partial charge in [-0.1, -0.05) is 31.0 Å². The van der Waals surface area contributed by atoms with Crippen molar-refractivity contribution in [3.05, 3.63) is 34.6 Å². The van der Waals surface area contributed by atoms with Crippen molar-refractivity contribution in [3.63, 3.8) is 0 Å². The van der Waals surface area contributed by atoms with Crippen LogP contribution in [0.15, 0.2) is 18.2 Å². The Kier molecular flexibility index (Phi) is 5.41. The number of hydrogen-bond acceptors (Lipinski definition) is 0. The highest BCUT2D eigenvalue weighted by Gasteiger charge is 2.06. The molecule has 1 atom stereocenters. The molecule has 0 aliphatic rings. The molecular formula is C12H15Cl2F. The van der Waals surface area contributed by atoms with Crippen molar-refractivity contribution in [3.8, 4) is 0 Å². The summed E-state index contributed by atoms with van der Waals surface area (Å²) in [4.78, 5) is 0. The molecule has 0 bridgehead atoms. The van der Waals surface area contributed by atoms with Gasteiger partial charge in [-0.2, -0.15) is 0 Å². The molecule has 0 amide bonds. The lowest BCUT2D eigenvalue weighted by Gasteiger charge is -2.08. The second-order valence-corrected chi connectivity index (χ2v) is 4.68. The van der Waals surface area contributed by atoms with Crippen LogP contribution in [-0.2, 0) is 6.42 Å². The third-order valence-corrected chi connectivity index (χ3v) is 3.13. The molecule has 0 aliphatic carbocycles. The first kappa shape index (κ1) is 12.8. The predicted octanol–water partition coefficient (Wildman–Crippen LogP) is 4.82. The van der Waals surface area contributed by atoms with Gasteiger partial charge in [0.15, 0.2) is 0 Å². The van der Waals surface area contributed by atoms with Gasteiger partial charge in [0.1, 0.15) is 5.82 Å². The van der Waals surface area contributed by atoms with E-state index in [1.165, 1.54) is 12.1 Å². The molecule has 0 saturated heterocycles. The van der Waals surface area contributed by atoms with Crippen molar-refractivity contribution in [2.24, 2.45) is 0 Å². The maximum absolute atomic E-state index is 12.8. The molecule has 1 aromatic carbocycles. The highest BCUT2D eigenvalue weighted by molar-refractivity contribution is 6.31. The molecule has 1 aromatic rings. The van der Waals surface area contributed by atoms with Gasteiger partial charge >= 0.3 is 0 Å². The summed E-state index contributed by atoms with van der Waals surface area (Å²) in [5.41, 5.74) is 0.972. The first-order valence-electron chi connectivity index (χ1n) is 5.21. The highest BCUT2D eigenvalue weighted by Crippen LogP contribution is 2.21. The van der Waals surface area contributed by atoms with Gasteiger partial charge in [0, 0.05) is 10.4 Å². The highest BCUT2D eigenvalue weighted by atomic mass is 35.5. The summed E-state index contributed by atoms with van der Waals surface area (Å²) in [5.74, 6) is -0.292. The predicted molar refractivity (Wildman–Crippen MR) is 64.3 cm³/mol. The van der Waals surface area contributed by atoms with Crippen LogP contribution in [0.25, 0.3) is 0 Å². The molecule has 3 heteroatoms. The molecular weight excluding hydrogens is 234 g/mol. The number of halogens is 3. The topological polar surface area (TPSA) is 0 Å². The number of hydrogen-bond donors (Lipinski definition) is 0. The summed E-state index contributed by atoms with van der Waals surface area (Å²) in [6.07, 6.45) is 3.81. The Morgan fingerprint density at radius 3 is 2.67 bits per heavy atom. The minimum Gasteiger partial charge on any atom is -0.207 e.